The van der Waals surface area contributed by atoms with Gasteiger partial charge in [-0.1, -0.05) is 29.8 Å². The Kier molecular flexibility index (Phi) is 10.2. The molecule has 0 saturated heterocycles. The van der Waals surface area contributed by atoms with Gasteiger partial charge in [0.25, 0.3) is 0 Å². The van der Waals surface area contributed by atoms with Crippen LogP contribution < -0.4 is 0 Å². The molecular weight excluding hydrogens is 483 g/mol. The van der Waals surface area contributed by atoms with Crippen molar-refractivity contribution in [3.05, 3.63) is 53.6 Å². The number of aromatic nitrogens is 1. The van der Waals surface area contributed by atoms with Gasteiger partial charge in [0.15, 0.2) is 4.34 Å². The van der Waals surface area contributed by atoms with Crippen molar-refractivity contribution in [1.82, 2.24) is 4.98 Å². The summed E-state index contributed by atoms with van der Waals surface area (Å²) in [6, 6.07) is 15.7. The predicted molar refractivity (Wildman–Crippen MR) is 139 cm³/mol. The van der Waals surface area contributed by atoms with Crippen LogP contribution in [0.1, 0.15) is 31.9 Å². The Morgan fingerprint density at radius 2 is 1.65 bits per heavy atom. The quantitative estimate of drug-likeness (QED) is 0.172. The van der Waals surface area contributed by atoms with E-state index in [0.717, 1.165) is 22.3 Å². The molecule has 3 rings (SSSR count). The summed E-state index contributed by atoms with van der Waals surface area (Å²) in [5.74, 6) is 0. The van der Waals surface area contributed by atoms with Crippen LogP contribution in [0.5, 0.6) is 0 Å². The van der Waals surface area contributed by atoms with Gasteiger partial charge in [0.2, 0.25) is 0 Å². The number of benzene rings is 2. The molecule has 0 radical (unpaired) electrons. The Hall–Kier alpha value is -0.523. The van der Waals surface area contributed by atoms with E-state index < -0.39 is 8.80 Å². The molecule has 2 aromatic carbocycles. The molecule has 0 bridgehead atoms. The number of fused-ring (bicyclic) bond motifs is 1. The van der Waals surface area contributed by atoms with Crippen LogP contribution in [0.3, 0.4) is 0 Å². The molecule has 0 amide bonds. The minimum Gasteiger partial charge on any atom is -0.374 e. The Morgan fingerprint density at radius 3 is 2.32 bits per heavy atom. The highest BCUT2D eigenvalue weighted by Crippen LogP contribution is 2.47. The van der Waals surface area contributed by atoms with E-state index in [9.17, 15) is 0 Å². The summed E-state index contributed by atoms with van der Waals surface area (Å²) in [7, 11) is 2.62. The average Bonchev–Trinajstić information content (AvgIpc) is 3.17. The number of para-hydroxylation sites is 1. The highest BCUT2D eigenvalue weighted by molar-refractivity contribution is 9.09. The molecule has 4 nitrogen and oxygen atoms in total. The zero-order valence-corrected chi connectivity index (χ0v) is 22.6. The highest BCUT2D eigenvalue weighted by atomic mass is 33.5. The van der Waals surface area contributed by atoms with E-state index in [1.54, 1.807) is 42.8 Å². The van der Waals surface area contributed by atoms with Crippen molar-refractivity contribution in [3.63, 3.8) is 0 Å². The molecule has 0 fully saturated rings. The van der Waals surface area contributed by atoms with Crippen LogP contribution in [-0.2, 0) is 19.7 Å². The van der Waals surface area contributed by atoms with Crippen LogP contribution in [0.25, 0.3) is 10.2 Å². The maximum absolute atomic E-state index is 6.04. The fourth-order valence-electron chi connectivity index (χ4n) is 3.24. The summed E-state index contributed by atoms with van der Waals surface area (Å²) >= 11 is 1.74. The van der Waals surface area contributed by atoms with Crippen LogP contribution in [0.15, 0.2) is 51.7 Å². The van der Waals surface area contributed by atoms with E-state index in [0.29, 0.717) is 19.8 Å². The largest absolute Gasteiger partial charge is 0.501 e. The second-order valence-electron chi connectivity index (χ2n) is 6.78. The number of hydrogen-bond donors (Lipinski definition) is 0. The molecule has 0 N–H and O–H groups in total. The van der Waals surface area contributed by atoms with Gasteiger partial charge >= 0.3 is 8.80 Å². The van der Waals surface area contributed by atoms with E-state index in [1.807, 2.05) is 26.8 Å². The molecule has 0 aliphatic heterocycles. The van der Waals surface area contributed by atoms with Crippen molar-refractivity contribution in [2.45, 2.75) is 49.4 Å². The number of hydrogen-bond acceptors (Lipinski definition) is 8. The fourth-order valence-corrected chi connectivity index (χ4v) is 11.3. The predicted octanol–water partition coefficient (Wildman–Crippen LogP) is 7.64. The van der Waals surface area contributed by atoms with E-state index in [-0.39, 0.29) is 0 Å². The summed E-state index contributed by atoms with van der Waals surface area (Å²) in [6.45, 7) is 9.97. The Morgan fingerprint density at radius 1 is 0.935 bits per heavy atom. The van der Waals surface area contributed by atoms with Gasteiger partial charge in [0.1, 0.15) is 0 Å². The van der Waals surface area contributed by atoms with Crippen molar-refractivity contribution in [2.24, 2.45) is 0 Å². The Balaban J connectivity index is 1.66. The number of aryl methyl sites for hydroxylation is 2. The smallest absolute Gasteiger partial charge is 0.374 e. The molecule has 1 aromatic heterocycles. The number of rotatable bonds is 13. The molecule has 0 saturated carbocycles. The second kappa shape index (κ2) is 12.6. The summed E-state index contributed by atoms with van der Waals surface area (Å²) in [5.41, 5.74) is 3.65. The van der Waals surface area contributed by atoms with E-state index in [2.05, 4.69) is 43.3 Å². The molecule has 0 unspecified atom stereocenters. The molecule has 0 aliphatic carbocycles. The molecule has 0 aliphatic rings. The van der Waals surface area contributed by atoms with Crippen LogP contribution in [0.2, 0.25) is 6.04 Å². The first-order chi connectivity index (χ1) is 15.1. The fraction of sp³-hybridized carbons (Fsp3) is 0.409. The third-order valence-electron chi connectivity index (χ3n) is 4.51. The first kappa shape index (κ1) is 25.1. The van der Waals surface area contributed by atoms with Crippen LogP contribution in [0.4, 0.5) is 0 Å². The number of nitrogens with zero attached hydrogens (tertiary/aromatic N) is 1. The summed E-state index contributed by atoms with van der Waals surface area (Å²) < 4.78 is 20.4. The van der Waals surface area contributed by atoms with Crippen molar-refractivity contribution in [1.29, 1.82) is 0 Å². The third kappa shape index (κ3) is 7.23. The van der Waals surface area contributed by atoms with Gasteiger partial charge in [-0.3, -0.25) is 0 Å². The summed E-state index contributed by atoms with van der Waals surface area (Å²) in [6.07, 6.45) is 0.878. The summed E-state index contributed by atoms with van der Waals surface area (Å²) in [5, 5.41) is 0. The molecule has 1 heterocycles. The molecule has 31 heavy (non-hydrogen) atoms. The topological polar surface area (TPSA) is 40.6 Å². The molecule has 9 heteroatoms. The van der Waals surface area contributed by atoms with Crippen LogP contribution >= 0.6 is 42.8 Å². The standard InChI is InChI=1S/C22H29NO3S4Si/c1-5-24-31(25-6-2,26-7-3)15-14-18-16-17(4)12-13-20(18)28-30-29-22-23-19-10-8-9-11-21(19)27-22/h8-13,16H,5-7,14-15H2,1-4H3. The van der Waals surface area contributed by atoms with Crippen molar-refractivity contribution >= 4 is 61.8 Å². The normalized spacial score (nSPS) is 12.0. The lowest BCUT2D eigenvalue weighted by Crippen LogP contribution is -2.46. The lowest BCUT2D eigenvalue weighted by Gasteiger charge is -2.28. The molecule has 3 aromatic rings. The average molecular weight is 512 g/mol. The molecule has 0 spiro atoms. The number of thiazole rings is 1. The molecular formula is C22H29NO3S4Si. The SMILES string of the molecule is CCO[Si](CCc1cc(C)ccc1SSSc1nc2ccccc2s1)(OCC)OCC. The van der Waals surface area contributed by atoms with E-state index in [4.69, 9.17) is 18.3 Å². The summed E-state index contributed by atoms with van der Waals surface area (Å²) in [4.78, 5) is 5.99. The zero-order valence-electron chi connectivity index (χ0n) is 18.4. The van der Waals surface area contributed by atoms with Gasteiger partial charge in [-0.25, -0.2) is 4.98 Å². The van der Waals surface area contributed by atoms with Crippen LogP contribution in [0, 0.1) is 6.92 Å². The van der Waals surface area contributed by atoms with Gasteiger partial charge in [-0.15, -0.1) is 11.3 Å². The molecule has 0 atom stereocenters. The maximum atomic E-state index is 6.04. The lowest BCUT2D eigenvalue weighted by molar-refractivity contribution is 0.0714. The second-order valence-corrected chi connectivity index (χ2v) is 14.7. The van der Waals surface area contributed by atoms with Crippen molar-refractivity contribution in [3.8, 4) is 0 Å². The third-order valence-corrected chi connectivity index (χ3v) is 12.8. The Bertz CT molecular complexity index is 919. The first-order valence-corrected chi connectivity index (χ1v) is 16.7. The van der Waals surface area contributed by atoms with Gasteiger partial charge < -0.3 is 13.3 Å². The molecule has 168 valence electrons. The minimum absolute atomic E-state index is 0.607. The van der Waals surface area contributed by atoms with Gasteiger partial charge in [-0.2, -0.15) is 0 Å². The Labute approximate surface area is 202 Å². The maximum Gasteiger partial charge on any atom is 0.501 e. The van der Waals surface area contributed by atoms with Gasteiger partial charge in [0, 0.05) is 30.8 Å². The van der Waals surface area contributed by atoms with Crippen LogP contribution in [-0.4, -0.2) is 33.6 Å². The monoisotopic (exact) mass is 511 g/mol. The van der Waals surface area contributed by atoms with E-state index in [1.165, 1.54) is 20.7 Å². The van der Waals surface area contributed by atoms with E-state index >= 15 is 0 Å². The van der Waals surface area contributed by atoms with Gasteiger partial charge in [0.05, 0.1) is 10.2 Å². The highest BCUT2D eigenvalue weighted by Gasteiger charge is 2.40. The van der Waals surface area contributed by atoms with Gasteiger partial charge in [-0.05, 0) is 89.3 Å². The first-order valence-electron chi connectivity index (χ1n) is 10.5. The zero-order chi connectivity index (χ0) is 22.1. The minimum atomic E-state index is -2.65. The van der Waals surface area contributed by atoms with Crippen molar-refractivity contribution in [2.75, 3.05) is 19.8 Å². The lowest BCUT2D eigenvalue weighted by atomic mass is 10.1. The van der Waals surface area contributed by atoms with Crippen molar-refractivity contribution < 1.29 is 13.3 Å².